The van der Waals surface area contributed by atoms with Gasteiger partial charge in [0.1, 0.15) is 0 Å². The summed E-state index contributed by atoms with van der Waals surface area (Å²) in [6, 6.07) is 14.6. The lowest BCUT2D eigenvalue weighted by Gasteiger charge is -2.14. The normalized spacial score (nSPS) is 12.1. The average molecular weight is 300 g/mol. The van der Waals surface area contributed by atoms with Crippen LogP contribution >= 0.6 is 0 Å². The number of nitro benzene ring substituents is 1. The van der Waals surface area contributed by atoms with Crippen molar-refractivity contribution in [2.75, 3.05) is 6.54 Å². The predicted octanol–water partition coefficient (Wildman–Crippen LogP) is 2.98. The number of non-ortho nitro benzene ring substituents is 1. The highest BCUT2D eigenvalue weighted by molar-refractivity contribution is 5.35. The molecular formula is C17H20N2O3. The van der Waals surface area contributed by atoms with E-state index in [1.165, 1.54) is 11.6 Å². The van der Waals surface area contributed by atoms with Crippen LogP contribution in [0, 0.1) is 10.1 Å². The number of aliphatic hydroxyl groups excluding tert-OH is 1. The number of nitro groups is 1. The Kier molecular flexibility index (Phi) is 5.63. The number of hydrogen-bond acceptors (Lipinski definition) is 4. The van der Waals surface area contributed by atoms with Crippen LogP contribution in [0.1, 0.15) is 29.7 Å². The van der Waals surface area contributed by atoms with Crippen molar-refractivity contribution in [3.05, 3.63) is 75.3 Å². The Morgan fingerprint density at radius 3 is 2.50 bits per heavy atom. The van der Waals surface area contributed by atoms with Crippen molar-refractivity contribution in [2.24, 2.45) is 0 Å². The Hall–Kier alpha value is -2.24. The van der Waals surface area contributed by atoms with Crippen LogP contribution in [0.15, 0.2) is 48.5 Å². The van der Waals surface area contributed by atoms with Crippen molar-refractivity contribution in [3.63, 3.8) is 0 Å². The van der Waals surface area contributed by atoms with E-state index in [1.807, 2.05) is 37.3 Å². The van der Waals surface area contributed by atoms with E-state index in [9.17, 15) is 10.1 Å². The van der Waals surface area contributed by atoms with E-state index in [2.05, 4.69) is 5.32 Å². The molecule has 22 heavy (non-hydrogen) atoms. The molecule has 2 aromatic carbocycles. The smallest absolute Gasteiger partial charge is 0.269 e. The van der Waals surface area contributed by atoms with Gasteiger partial charge in [0.05, 0.1) is 11.5 Å². The zero-order chi connectivity index (χ0) is 15.9. The van der Waals surface area contributed by atoms with Crippen LogP contribution in [0.4, 0.5) is 5.69 Å². The van der Waals surface area contributed by atoms with E-state index in [4.69, 9.17) is 5.11 Å². The van der Waals surface area contributed by atoms with Crippen molar-refractivity contribution in [3.8, 4) is 0 Å². The second kappa shape index (κ2) is 7.68. The van der Waals surface area contributed by atoms with Crippen molar-refractivity contribution >= 4 is 5.69 Å². The molecule has 0 aromatic heterocycles. The minimum Gasteiger partial charge on any atom is -0.392 e. The third-order valence-electron chi connectivity index (χ3n) is 3.65. The van der Waals surface area contributed by atoms with Gasteiger partial charge in [0.25, 0.3) is 5.69 Å². The fourth-order valence-corrected chi connectivity index (χ4v) is 2.27. The van der Waals surface area contributed by atoms with Crippen LogP contribution in [0.3, 0.4) is 0 Å². The first-order valence-corrected chi connectivity index (χ1v) is 7.26. The summed E-state index contributed by atoms with van der Waals surface area (Å²) in [5.41, 5.74) is 3.12. The van der Waals surface area contributed by atoms with Gasteiger partial charge < -0.3 is 10.4 Å². The summed E-state index contributed by atoms with van der Waals surface area (Å²) in [6.45, 7) is 2.83. The third-order valence-corrected chi connectivity index (χ3v) is 3.65. The molecule has 0 aliphatic carbocycles. The van der Waals surface area contributed by atoms with Gasteiger partial charge in [-0.05, 0) is 36.6 Å². The first-order chi connectivity index (χ1) is 10.6. The van der Waals surface area contributed by atoms with Gasteiger partial charge in [0.2, 0.25) is 0 Å². The Bertz CT molecular complexity index is 626. The summed E-state index contributed by atoms with van der Waals surface area (Å²) in [6.07, 6.45) is 0.866. The summed E-state index contributed by atoms with van der Waals surface area (Å²) in [5, 5.41) is 23.2. The first-order valence-electron chi connectivity index (χ1n) is 7.26. The minimum absolute atomic E-state index is 0.0524. The van der Waals surface area contributed by atoms with Gasteiger partial charge in [-0.2, -0.15) is 0 Å². The first kappa shape index (κ1) is 16.1. The molecule has 0 bridgehead atoms. The maximum Gasteiger partial charge on any atom is 0.269 e. The number of aliphatic hydroxyl groups is 1. The Morgan fingerprint density at radius 1 is 1.18 bits per heavy atom. The summed E-state index contributed by atoms with van der Waals surface area (Å²) in [7, 11) is 0. The molecule has 0 saturated carbocycles. The molecule has 5 nitrogen and oxygen atoms in total. The van der Waals surface area contributed by atoms with Crippen LogP contribution < -0.4 is 5.32 Å². The molecular weight excluding hydrogens is 280 g/mol. The van der Waals surface area contributed by atoms with Gasteiger partial charge in [-0.3, -0.25) is 10.1 Å². The van der Waals surface area contributed by atoms with E-state index in [0.717, 1.165) is 24.1 Å². The number of nitrogens with zero attached hydrogens (tertiary/aromatic N) is 1. The predicted molar refractivity (Wildman–Crippen MR) is 85.6 cm³/mol. The standard InChI is InChI=1S/C17H20N2O3/c1-13(16-3-2-4-17(11-16)19(21)22)18-10-9-14-5-7-15(12-20)8-6-14/h2-8,11,13,18,20H,9-10,12H2,1H3. The minimum atomic E-state index is -0.376. The zero-order valence-corrected chi connectivity index (χ0v) is 12.5. The summed E-state index contributed by atoms with van der Waals surface area (Å²) < 4.78 is 0. The molecule has 2 N–H and O–H groups in total. The molecule has 0 radical (unpaired) electrons. The summed E-state index contributed by atoms with van der Waals surface area (Å²) in [5.74, 6) is 0. The van der Waals surface area contributed by atoms with Crippen molar-refractivity contribution < 1.29 is 10.0 Å². The summed E-state index contributed by atoms with van der Waals surface area (Å²) in [4.78, 5) is 10.4. The second-order valence-electron chi connectivity index (χ2n) is 5.25. The quantitative estimate of drug-likeness (QED) is 0.609. The molecule has 0 aliphatic rings. The van der Waals surface area contributed by atoms with Crippen molar-refractivity contribution in [1.82, 2.24) is 5.32 Å². The molecule has 2 rings (SSSR count). The molecule has 0 amide bonds. The van der Waals surface area contributed by atoms with Gasteiger partial charge in [0, 0.05) is 18.2 Å². The molecule has 0 fully saturated rings. The van der Waals surface area contributed by atoms with E-state index >= 15 is 0 Å². The fraction of sp³-hybridized carbons (Fsp3) is 0.294. The molecule has 2 aromatic rings. The van der Waals surface area contributed by atoms with Crippen molar-refractivity contribution in [2.45, 2.75) is 26.0 Å². The molecule has 0 heterocycles. The van der Waals surface area contributed by atoms with Crippen LogP contribution in [0.2, 0.25) is 0 Å². The number of rotatable bonds is 7. The lowest BCUT2D eigenvalue weighted by molar-refractivity contribution is -0.384. The molecule has 0 aliphatic heterocycles. The Balaban J connectivity index is 1.88. The van der Waals surface area contributed by atoms with E-state index in [0.29, 0.717) is 0 Å². The lowest BCUT2D eigenvalue weighted by atomic mass is 10.1. The highest BCUT2D eigenvalue weighted by Crippen LogP contribution is 2.18. The fourth-order valence-electron chi connectivity index (χ4n) is 2.27. The van der Waals surface area contributed by atoms with E-state index in [1.54, 1.807) is 12.1 Å². The number of hydrogen-bond donors (Lipinski definition) is 2. The topological polar surface area (TPSA) is 75.4 Å². The largest absolute Gasteiger partial charge is 0.392 e. The van der Waals surface area contributed by atoms with Gasteiger partial charge in [-0.1, -0.05) is 36.4 Å². The van der Waals surface area contributed by atoms with Crippen molar-refractivity contribution in [1.29, 1.82) is 0 Å². The highest BCUT2D eigenvalue weighted by atomic mass is 16.6. The SMILES string of the molecule is CC(NCCc1ccc(CO)cc1)c1cccc([N+](=O)[O-])c1. The van der Waals surface area contributed by atoms with Crippen LogP contribution in [0.25, 0.3) is 0 Å². The molecule has 1 atom stereocenters. The average Bonchev–Trinajstić information content (AvgIpc) is 2.55. The monoisotopic (exact) mass is 300 g/mol. The molecule has 1 unspecified atom stereocenters. The van der Waals surface area contributed by atoms with E-state index in [-0.39, 0.29) is 23.3 Å². The molecule has 0 saturated heterocycles. The second-order valence-corrected chi connectivity index (χ2v) is 5.25. The van der Waals surface area contributed by atoms with E-state index < -0.39 is 0 Å². The molecule has 0 spiro atoms. The van der Waals surface area contributed by atoms with Crippen LogP contribution in [-0.2, 0) is 13.0 Å². The third kappa shape index (κ3) is 4.38. The maximum absolute atomic E-state index is 10.8. The number of benzene rings is 2. The molecule has 5 heteroatoms. The lowest BCUT2D eigenvalue weighted by Crippen LogP contribution is -2.21. The van der Waals surface area contributed by atoms with Gasteiger partial charge in [0.15, 0.2) is 0 Å². The van der Waals surface area contributed by atoms with Crippen LogP contribution in [0.5, 0.6) is 0 Å². The number of nitrogens with one attached hydrogen (secondary N) is 1. The Labute approximate surface area is 129 Å². The summed E-state index contributed by atoms with van der Waals surface area (Å²) >= 11 is 0. The highest BCUT2D eigenvalue weighted by Gasteiger charge is 2.10. The van der Waals surface area contributed by atoms with Crippen LogP contribution in [-0.4, -0.2) is 16.6 Å². The molecule has 116 valence electrons. The maximum atomic E-state index is 10.8. The van der Waals surface area contributed by atoms with Gasteiger partial charge in [-0.25, -0.2) is 0 Å². The van der Waals surface area contributed by atoms with Gasteiger partial charge in [-0.15, -0.1) is 0 Å². The van der Waals surface area contributed by atoms with Gasteiger partial charge >= 0.3 is 0 Å². The Morgan fingerprint density at radius 2 is 1.86 bits per heavy atom. The zero-order valence-electron chi connectivity index (χ0n) is 12.5.